The number of amides is 1. The summed E-state index contributed by atoms with van der Waals surface area (Å²) in [5.74, 6) is 5.06. The minimum absolute atomic E-state index is 0.0271. The maximum atomic E-state index is 13.3. The molecule has 0 aliphatic carbocycles. The molecule has 0 aliphatic rings. The first-order valence-electron chi connectivity index (χ1n) is 11.5. The Morgan fingerprint density at radius 1 is 1.00 bits per heavy atom. The molecule has 0 unspecified atom stereocenters. The van der Waals surface area contributed by atoms with Crippen LogP contribution in [0, 0.1) is 17.7 Å². The van der Waals surface area contributed by atoms with E-state index >= 15 is 0 Å². The van der Waals surface area contributed by atoms with Gasteiger partial charge in [-0.2, -0.15) is 5.10 Å². The smallest absolute Gasteiger partial charge is 0.251 e. The Kier molecular flexibility index (Phi) is 6.72. The van der Waals surface area contributed by atoms with Gasteiger partial charge in [0.25, 0.3) is 5.91 Å². The Balaban J connectivity index is 1.44. The van der Waals surface area contributed by atoms with E-state index in [2.05, 4.69) is 32.2 Å². The molecule has 1 N–H and O–H groups in total. The second kappa shape index (κ2) is 10.3. The molecule has 0 spiro atoms. The van der Waals surface area contributed by atoms with E-state index in [0.717, 1.165) is 0 Å². The molecule has 5 aromatic rings. The van der Waals surface area contributed by atoms with E-state index < -0.39 is 21.6 Å². The van der Waals surface area contributed by atoms with Crippen LogP contribution in [0.2, 0.25) is 0 Å². The monoisotopic (exact) mass is 528 g/mol. The number of rotatable bonds is 6. The van der Waals surface area contributed by atoms with Crippen molar-refractivity contribution >= 4 is 21.5 Å². The number of sulfone groups is 1. The second-order valence-corrected chi connectivity index (χ2v) is 10.4. The standard InChI is InChI=1S/C27H21FN6O3S/c1-33-13-10-24(32-33)18-38(36,37)25-9-6-21(16-20(25)5-2-19-3-7-22(28)8-4-19)26(35)30-17-23-11-14-34-15-12-29-27(34)31-23/h3-4,6-16H,17-18H2,1H3,(H,30,35). The average Bonchev–Trinajstić information content (AvgIpc) is 3.54. The number of carbonyl (C=O) groups excluding carboxylic acids is 1. The minimum Gasteiger partial charge on any atom is -0.346 e. The van der Waals surface area contributed by atoms with Gasteiger partial charge in [-0.25, -0.2) is 22.8 Å². The third kappa shape index (κ3) is 5.61. The summed E-state index contributed by atoms with van der Waals surface area (Å²) in [5, 5.41) is 6.95. The van der Waals surface area contributed by atoms with Crippen molar-refractivity contribution in [3.8, 4) is 11.8 Å². The van der Waals surface area contributed by atoms with Gasteiger partial charge in [-0.1, -0.05) is 11.8 Å². The molecule has 0 atom stereocenters. The van der Waals surface area contributed by atoms with Gasteiger partial charge in [-0.05, 0) is 54.6 Å². The molecule has 3 heterocycles. The van der Waals surface area contributed by atoms with E-state index in [1.54, 1.807) is 48.4 Å². The molecular weight excluding hydrogens is 507 g/mol. The van der Waals surface area contributed by atoms with Crippen LogP contribution in [0.1, 0.15) is 32.9 Å². The summed E-state index contributed by atoms with van der Waals surface area (Å²) >= 11 is 0. The molecule has 1 amide bonds. The molecule has 38 heavy (non-hydrogen) atoms. The molecule has 0 radical (unpaired) electrons. The van der Waals surface area contributed by atoms with Gasteiger partial charge in [-0.3, -0.25) is 13.9 Å². The number of aromatic nitrogens is 5. The van der Waals surface area contributed by atoms with E-state index in [1.807, 2.05) is 0 Å². The summed E-state index contributed by atoms with van der Waals surface area (Å²) in [5.41, 5.74) is 1.87. The number of nitrogens with zero attached hydrogens (tertiary/aromatic N) is 5. The number of fused-ring (bicyclic) bond motifs is 1. The number of imidazole rings is 1. The van der Waals surface area contributed by atoms with Crippen molar-refractivity contribution in [2.75, 3.05) is 0 Å². The summed E-state index contributed by atoms with van der Waals surface area (Å²) in [4.78, 5) is 21.4. The molecule has 0 aliphatic heterocycles. The van der Waals surface area contributed by atoms with Gasteiger partial charge in [0.15, 0.2) is 9.84 Å². The summed E-state index contributed by atoms with van der Waals surface area (Å²) in [6.45, 7) is 0.151. The Hall–Kier alpha value is -4.82. The molecule has 190 valence electrons. The van der Waals surface area contributed by atoms with Crippen LogP contribution in [0.4, 0.5) is 4.39 Å². The maximum Gasteiger partial charge on any atom is 0.251 e. The highest BCUT2D eigenvalue weighted by Crippen LogP contribution is 2.22. The van der Waals surface area contributed by atoms with Gasteiger partial charge in [0.2, 0.25) is 5.78 Å². The fourth-order valence-electron chi connectivity index (χ4n) is 3.74. The van der Waals surface area contributed by atoms with Gasteiger partial charge in [-0.15, -0.1) is 0 Å². The van der Waals surface area contributed by atoms with Gasteiger partial charge in [0.1, 0.15) is 5.82 Å². The largest absolute Gasteiger partial charge is 0.346 e. The Bertz CT molecular complexity index is 1810. The fraction of sp³-hybridized carbons (Fsp3) is 0.111. The number of hydrogen-bond donors (Lipinski definition) is 1. The first-order chi connectivity index (χ1) is 18.3. The van der Waals surface area contributed by atoms with Gasteiger partial charge in [0, 0.05) is 48.5 Å². The second-order valence-electron chi connectivity index (χ2n) is 8.44. The summed E-state index contributed by atoms with van der Waals surface area (Å²) < 4.78 is 43.1. The fourth-order valence-corrected chi connectivity index (χ4v) is 5.16. The van der Waals surface area contributed by atoms with Gasteiger partial charge in [0.05, 0.1) is 28.6 Å². The SMILES string of the molecule is Cn1ccc(CS(=O)(=O)c2ccc(C(=O)NCc3ccn4ccnc4n3)cc2C#Cc2ccc(F)cc2)n1. The summed E-state index contributed by atoms with van der Waals surface area (Å²) in [6, 6.07) is 13.1. The van der Waals surface area contributed by atoms with Crippen molar-refractivity contribution in [1.29, 1.82) is 0 Å². The van der Waals surface area contributed by atoms with Crippen LogP contribution in [-0.2, 0) is 29.2 Å². The van der Waals surface area contributed by atoms with Crippen LogP contribution in [0.25, 0.3) is 5.78 Å². The lowest BCUT2D eigenvalue weighted by Gasteiger charge is -2.09. The minimum atomic E-state index is -3.84. The highest BCUT2D eigenvalue weighted by atomic mass is 32.2. The van der Waals surface area contributed by atoms with Gasteiger partial charge < -0.3 is 5.32 Å². The van der Waals surface area contributed by atoms with E-state index in [1.165, 1.54) is 47.1 Å². The molecule has 0 saturated carbocycles. The normalized spacial score (nSPS) is 11.2. The first kappa shape index (κ1) is 24.9. The van der Waals surface area contributed by atoms with Crippen molar-refractivity contribution in [3.05, 3.63) is 113 Å². The topological polar surface area (TPSA) is 111 Å². The predicted octanol–water partition coefficient (Wildman–Crippen LogP) is 2.91. The summed E-state index contributed by atoms with van der Waals surface area (Å²) in [7, 11) is -2.14. The zero-order valence-corrected chi connectivity index (χ0v) is 21.0. The lowest BCUT2D eigenvalue weighted by Crippen LogP contribution is -2.23. The Morgan fingerprint density at radius 3 is 2.55 bits per heavy atom. The van der Waals surface area contributed by atoms with Crippen molar-refractivity contribution in [2.24, 2.45) is 7.05 Å². The van der Waals surface area contributed by atoms with Crippen molar-refractivity contribution in [1.82, 2.24) is 29.5 Å². The molecule has 11 heteroatoms. The van der Waals surface area contributed by atoms with E-state index in [4.69, 9.17) is 0 Å². The Morgan fingerprint density at radius 2 is 1.79 bits per heavy atom. The van der Waals surface area contributed by atoms with Gasteiger partial charge >= 0.3 is 0 Å². The van der Waals surface area contributed by atoms with Crippen LogP contribution in [0.15, 0.2) is 84.3 Å². The molecule has 5 rings (SSSR count). The van der Waals surface area contributed by atoms with Crippen LogP contribution in [-0.4, -0.2) is 38.5 Å². The number of benzene rings is 2. The van der Waals surface area contributed by atoms with Crippen LogP contribution in [0.5, 0.6) is 0 Å². The highest BCUT2D eigenvalue weighted by Gasteiger charge is 2.22. The van der Waals surface area contributed by atoms with E-state index in [9.17, 15) is 17.6 Å². The Labute approximate surface area is 217 Å². The third-order valence-corrected chi connectivity index (χ3v) is 7.32. The molecular formula is C27H21FN6O3S. The molecule has 0 fully saturated rings. The van der Waals surface area contributed by atoms with Crippen LogP contribution in [0.3, 0.4) is 0 Å². The molecule has 0 bridgehead atoms. The third-order valence-electron chi connectivity index (χ3n) is 5.62. The predicted molar refractivity (Wildman–Crippen MR) is 137 cm³/mol. The number of nitrogens with one attached hydrogen (secondary N) is 1. The van der Waals surface area contributed by atoms with E-state index in [-0.39, 0.29) is 28.3 Å². The zero-order valence-electron chi connectivity index (χ0n) is 20.2. The average molecular weight is 529 g/mol. The molecule has 0 saturated heterocycles. The number of halogens is 1. The number of hydrogen-bond acceptors (Lipinski definition) is 6. The maximum absolute atomic E-state index is 13.3. The molecule has 3 aromatic heterocycles. The van der Waals surface area contributed by atoms with Crippen LogP contribution >= 0.6 is 0 Å². The first-order valence-corrected chi connectivity index (χ1v) is 13.1. The zero-order chi connectivity index (χ0) is 26.7. The molecule has 9 nitrogen and oxygen atoms in total. The van der Waals surface area contributed by atoms with Crippen LogP contribution < -0.4 is 5.32 Å². The lowest BCUT2D eigenvalue weighted by molar-refractivity contribution is 0.0950. The van der Waals surface area contributed by atoms with E-state index in [0.29, 0.717) is 22.7 Å². The number of aryl methyl sites for hydroxylation is 1. The lowest BCUT2D eigenvalue weighted by atomic mass is 10.1. The van der Waals surface area contributed by atoms with Crippen molar-refractivity contribution in [2.45, 2.75) is 17.2 Å². The van der Waals surface area contributed by atoms with Crippen molar-refractivity contribution < 1.29 is 17.6 Å². The van der Waals surface area contributed by atoms with Crippen molar-refractivity contribution in [3.63, 3.8) is 0 Å². The number of carbonyl (C=O) groups is 1. The summed E-state index contributed by atoms with van der Waals surface area (Å²) in [6.07, 6.45) is 6.85. The highest BCUT2D eigenvalue weighted by molar-refractivity contribution is 7.90. The molecule has 2 aromatic carbocycles. The quantitative estimate of drug-likeness (QED) is 0.339.